The average Bonchev–Trinajstić information content (AvgIpc) is 2.89. The summed E-state index contributed by atoms with van der Waals surface area (Å²) in [5, 5.41) is 10.4. The highest BCUT2D eigenvalue weighted by Crippen LogP contribution is 2.37. The lowest BCUT2D eigenvalue weighted by Gasteiger charge is -2.12. The molecule has 3 rings (SSSR count). The fourth-order valence-electron chi connectivity index (χ4n) is 2.20. The van der Waals surface area contributed by atoms with E-state index in [9.17, 15) is 0 Å². The molecule has 3 aromatic rings. The normalized spacial score (nSPS) is 12.3. The van der Waals surface area contributed by atoms with Crippen LogP contribution in [0.15, 0.2) is 53.9 Å². The van der Waals surface area contributed by atoms with Crippen molar-refractivity contribution >= 4 is 23.4 Å². The molecule has 0 aliphatic carbocycles. The first kappa shape index (κ1) is 15.1. The number of halogens is 1. The minimum atomic E-state index is 0.196. The van der Waals surface area contributed by atoms with Gasteiger partial charge < -0.3 is 4.57 Å². The van der Waals surface area contributed by atoms with Gasteiger partial charge in [-0.3, -0.25) is 4.98 Å². The lowest BCUT2D eigenvalue weighted by molar-refractivity contribution is 0.790. The largest absolute Gasteiger partial charge is 0.305 e. The maximum Gasteiger partial charge on any atom is 0.191 e. The summed E-state index contributed by atoms with van der Waals surface area (Å²) in [4.78, 5) is 4.03. The van der Waals surface area contributed by atoms with Gasteiger partial charge in [0.05, 0.1) is 0 Å². The van der Waals surface area contributed by atoms with E-state index in [0.717, 1.165) is 27.1 Å². The van der Waals surface area contributed by atoms with Crippen molar-refractivity contribution in [1.29, 1.82) is 0 Å². The van der Waals surface area contributed by atoms with E-state index >= 15 is 0 Å². The molecule has 0 aliphatic rings. The molecule has 2 heterocycles. The fraction of sp³-hybridized carbons (Fsp3) is 0.188. The van der Waals surface area contributed by atoms with Crippen LogP contribution in [0.3, 0.4) is 0 Å². The molecule has 6 heteroatoms. The van der Waals surface area contributed by atoms with Crippen LogP contribution in [0, 0.1) is 0 Å². The Morgan fingerprint density at radius 3 is 2.55 bits per heavy atom. The first-order valence-corrected chi connectivity index (χ1v) is 8.13. The van der Waals surface area contributed by atoms with Crippen LogP contribution >= 0.6 is 23.4 Å². The Morgan fingerprint density at radius 1 is 1.09 bits per heavy atom. The van der Waals surface area contributed by atoms with Gasteiger partial charge in [0.1, 0.15) is 0 Å². The van der Waals surface area contributed by atoms with Crippen molar-refractivity contribution in [2.45, 2.75) is 17.3 Å². The van der Waals surface area contributed by atoms with Gasteiger partial charge in [0.15, 0.2) is 11.0 Å². The second kappa shape index (κ2) is 6.50. The molecule has 0 unspecified atom stereocenters. The third kappa shape index (κ3) is 3.00. The van der Waals surface area contributed by atoms with Crippen LogP contribution in [-0.2, 0) is 7.05 Å². The summed E-state index contributed by atoms with van der Waals surface area (Å²) < 4.78 is 1.99. The molecule has 4 nitrogen and oxygen atoms in total. The highest BCUT2D eigenvalue weighted by Gasteiger charge is 2.16. The van der Waals surface area contributed by atoms with E-state index in [1.54, 1.807) is 24.2 Å². The topological polar surface area (TPSA) is 43.6 Å². The SMILES string of the molecule is C[C@@H](Sc1nnc(-c2ccncc2)n1C)c1ccccc1Cl. The molecule has 2 aromatic heterocycles. The van der Waals surface area contributed by atoms with Gasteiger partial charge in [-0.15, -0.1) is 10.2 Å². The maximum absolute atomic E-state index is 6.26. The zero-order valence-corrected chi connectivity index (χ0v) is 13.8. The molecule has 0 saturated carbocycles. The molecule has 0 aliphatic heterocycles. The van der Waals surface area contributed by atoms with Gasteiger partial charge in [0, 0.05) is 35.3 Å². The van der Waals surface area contributed by atoms with Gasteiger partial charge in [0.2, 0.25) is 0 Å². The van der Waals surface area contributed by atoms with Crippen LogP contribution in [0.25, 0.3) is 11.4 Å². The lowest BCUT2D eigenvalue weighted by atomic mass is 10.2. The number of nitrogens with zero attached hydrogens (tertiary/aromatic N) is 4. The van der Waals surface area contributed by atoms with Crippen molar-refractivity contribution in [1.82, 2.24) is 19.7 Å². The standard InChI is InChI=1S/C16H15ClN4S/c1-11(13-5-3-4-6-14(13)17)22-16-20-19-15(21(16)2)12-7-9-18-10-8-12/h3-11H,1-2H3/t11-/m1/s1. The Bertz CT molecular complexity index is 773. The van der Waals surface area contributed by atoms with E-state index in [2.05, 4.69) is 22.1 Å². The zero-order valence-electron chi connectivity index (χ0n) is 12.3. The highest BCUT2D eigenvalue weighted by atomic mass is 35.5. The van der Waals surface area contributed by atoms with E-state index in [1.807, 2.05) is 48.0 Å². The van der Waals surface area contributed by atoms with E-state index < -0.39 is 0 Å². The molecule has 0 N–H and O–H groups in total. The van der Waals surface area contributed by atoms with E-state index in [1.165, 1.54) is 0 Å². The van der Waals surface area contributed by atoms with Crippen LogP contribution in [0.2, 0.25) is 5.02 Å². The molecule has 0 saturated heterocycles. The van der Waals surface area contributed by atoms with Gasteiger partial charge in [-0.1, -0.05) is 41.6 Å². The molecular formula is C16H15ClN4S. The van der Waals surface area contributed by atoms with Gasteiger partial charge in [-0.2, -0.15) is 0 Å². The predicted molar refractivity (Wildman–Crippen MR) is 90.0 cm³/mol. The van der Waals surface area contributed by atoms with Crippen LogP contribution in [-0.4, -0.2) is 19.7 Å². The van der Waals surface area contributed by atoms with E-state index in [0.29, 0.717) is 0 Å². The Balaban J connectivity index is 1.85. The number of rotatable bonds is 4. The lowest BCUT2D eigenvalue weighted by Crippen LogP contribution is -1.97. The van der Waals surface area contributed by atoms with Crippen LogP contribution in [0.5, 0.6) is 0 Å². The third-order valence-corrected chi connectivity index (χ3v) is 4.92. The molecule has 1 aromatic carbocycles. The molecule has 0 amide bonds. The summed E-state index contributed by atoms with van der Waals surface area (Å²) in [5.41, 5.74) is 2.10. The van der Waals surface area contributed by atoms with Gasteiger partial charge in [0.25, 0.3) is 0 Å². The number of aromatic nitrogens is 4. The van der Waals surface area contributed by atoms with Crippen molar-refractivity contribution < 1.29 is 0 Å². The Labute approximate surface area is 138 Å². The molecule has 0 radical (unpaired) electrons. The summed E-state index contributed by atoms with van der Waals surface area (Å²) in [6, 6.07) is 11.7. The van der Waals surface area contributed by atoms with Crippen LogP contribution < -0.4 is 0 Å². The van der Waals surface area contributed by atoms with Gasteiger partial charge in [-0.25, -0.2) is 0 Å². The number of pyridine rings is 1. The van der Waals surface area contributed by atoms with Crippen molar-refractivity contribution in [2.75, 3.05) is 0 Å². The Hall–Kier alpha value is -1.85. The summed E-state index contributed by atoms with van der Waals surface area (Å²) in [5.74, 6) is 0.830. The van der Waals surface area contributed by atoms with Crippen molar-refractivity contribution in [3.8, 4) is 11.4 Å². The quantitative estimate of drug-likeness (QED) is 0.666. The molecule has 0 fully saturated rings. The fourth-order valence-corrected chi connectivity index (χ4v) is 3.54. The first-order chi connectivity index (χ1) is 10.7. The van der Waals surface area contributed by atoms with E-state index in [4.69, 9.17) is 11.6 Å². The minimum Gasteiger partial charge on any atom is -0.305 e. The second-order valence-electron chi connectivity index (χ2n) is 4.88. The average molecular weight is 331 g/mol. The number of hydrogen-bond donors (Lipinski definition) is 0. The predicted octanol–water partition coefficient (Wildman–Crippen LogP) is 4.38. The smallest absolute Gasteiger partial charge is 0.191 e. The molecule has 112 valence electrons. The van der Waals surface area contributed by atoms with Gasteiger partial charge in [-0.05, 0) is 30.7 Å². The molecular weight excluding hydrogens is 316 g/mol. The summed E-state index contributed by atoms with van der Waals surface area (Å²) in [6.07, 6.45) is 3.51. The summed E-state index contributed by atoms with van der Waals surface area (Å²) >= 11 is 7.91. The highest BCUT2D eigenvalue weighted by molar-refractivity contribution is 7.99. The van der Waals surface area contributed by atoms with Crippen molar-refractivity contribution in [2.24, 2.45) is 7.05 Å². The zero-order chi connectivity index (χ0) is 15.5. The monoisotopic (exact) mass is 330 g/mol. The van der Waals surface area contributed by atoms with Crippen LogP contribution in [0.4, 0.5) is 0 Å². The summed E-state index contributed by atoms with van der Waals surface area (Å²) in [6.45, 7) is 2.12. The Kier molecular flexibility index (Phi) is 4.45. The third-order valence-electron chi connectivity index (χ3n) is 3.40. The van der Waals surface area contributed by atoms with Gasteiger partial charge >= 0.3 is 0 Å². The maximum atomic E-state index is 6.26. The number of benzene rings is 1. The molecule has 0 spiro atoms. The minimum absolute atomic E-state index is 0.196. The van der Waals surface area contributed by atoms with Crippen molar-refractivity contribution in [3.63, 3.8) is 0 Å². The van der Waals surface area contributed by atoms with E-state index in [-0.39, 0.29) is 5.25 Å². The number of thioether (sulfide) groups is 1. The van der Waals surface area contributed by atoms with Crippen molar-refractivity contribution in [3.05, 3.63) is 59.4 Å². The second-order valence-corrected chi connectivity index (χ2v) is 6.60. The molecule has 22 heavy (non-hydrogen) atoms. The Morgan fingerprint density at radius 2 is 1.82 bits per heavy atom. The van der Waals surface area contributed by atoms with Crippen LogP contribution in [0.1, 0.15) is 17.7 Å². The molecule has 1 atom stereocenters. The first-order valence-electron chi connectivity index (χ1n) is 6.87. The number of hydrogen-bond acceptors (Lipinski definition) is 4. The summed E-state index contributed by atoms with van der Waals surface area (Å²) in [7, 11) is 1.97. The molecule has 0 bridgehead atoms.